The maximum absolute atomic E-state index is 14.7. The summed E-state index contributed by atoms with van der Waals surface area (Å²) in [5.41, 5.74) is -2.13. The van der Waals surface area contributed by atoms with Crippen LogP contribution in [0.2, 0.25) is 0 Å². The van der Waals surface area contributed by atoms with E-state index in [0.29, 0.717) is 10.6 Å². The molecule has 0 saturated carbocycles. The van der Waals surface area contributed by atoms with Crippen LogP contribution in [0.5, 0.6) is 11.5 Å². The van der Waals surface area contributed by atoms with Gasteiger partial charge in [-0.15, -0.1) is 0 Å². The van der Waals surface area contributed by atoms with Crippen LogP contribution >= 0.6 is 0 Å². The van der Waals surface area contributed by atoms with Crippen LogP contribution in [-0.2, 0) is 16.8 Å². The van der Waals surface area contributed by atoms with Gasteiger partial charge in [0.15, 0.2) is 11.6 Å². The van der Waals surface area contributed by atoms with Crippen LogP contribution < -0.4 is 15.0 Å². The third kappa shape index (κ3) is 4.95. The average molecular weight is 529 g/mol. The fraction of sp³-hybridized carbons (Fsp3) is 0.286. The summed E-state index contributed by atoms with van der Waals surface area (Å²) in [6, 6.07) is 5.47. The minimum Gasteiger partial charge on any atom is -0.453 e. The highest BCUT2D eigenvalue weighted by Gasteiger charge is 2.33. The van der Waals surface area contributed by atoms with Gasteiger partial charge in [-0.05, 0) is 24.6 Å². The van der Waals surface area contributed by atoms with E-state index in [4.69, 9.17) is 4.74 Å². The van der Waals surface area contributed by atoms with E-state index in [9.17, 15) is 40.4 Å². The van der Waals surface area contributed by atoms with Crippen molar-refractivity contribution in [1.29, 1.82) is 5.26 Å². The Labute approximate surface area is 200 Å². The third-order valence-corrected chi connectivity index (χ3v) is 6.80. The van der Waals surface area contributed by atoms with Gasteiger partial charge < -0.3 is 4.74 Å². The van der Waals surface area contributed by atoms with Gasteiger partial charge in [-0.25, -0.2) is 22.5 Å². The normalized spacial score (nSPS) is 16.4. The van der Waals surface area contributed by atoms with E-state index in [2.05, 4.69) is 4.98 Å². The Balaban J connectivity index is 1.74. The molecule has 4 rings (SSSR count). The number of ether oxygens (including phenoxy) is 1. The molecule has 36 heavy (non-hydrogen) atoms. The Kier molecular flexibility index (Phi) is 6.83. The van der Waals surface area contributed by atoms with Gasteiger partial charge >= 0.3 is 10.2 Å². The number of halogens is 5. The van der Waals surface area contributed by atoms with Gasteiger partial charge in [0.25, 0.3) is 12.0 Å². The second-order valence-corrected chi connectivity index (χ2v) is 9.43. The maximum atomic E-state index is 14.7. The second kappa shape index (κ2) is 9.70. The zero-order valence-electron chi connectivity index (χ0n) is 18.1. The van der Waals surface area contributed by atoms with Crippen LogP contribution in [0.25, 0.3) is 10.9 Å². The first-order valence-electron chi connectivity index (χ1n) is 10.3. The molecular weight excluding hydrogens is 513 g/mol. The highest BCUT2D eigenvalue weighted by Crippen LogP contribution is 2.36. The molecule has 1 aliphatic rings. The SMILES string of the molecule is N#Cc1c(NS(=O)(=O)N2CC[C@H](F)C2)cc(F)c(F)c1Oc1ccc2ncn(CC(F)F)c(=O)c2c1. The molecule has 1 fully saturated rings. The molecule has 1 atom stereocenters. The number of hydrogen-bond acceptors (Lipinski definition) is 6. The molecule has 9 nitrogen and oxygen atoms in total. The largest absolute Gasteiger partial charge is 0.453 e. The number of hydrogen-bond donors (Lipinski definition) is 1. The zero-order chi connectivity index (χ0) is 26.2. The molecule has 0 radical (unpaired) electrons. The molecule has 0 spiro atoms. The van der Waals surface area contributed by atoms with E-state index in [0.717, 1.165) is 16.7 Å². The number of nitrogens with one attached hydrogen (secondary N) is 1. The number of benzene rings is 2. The molecular formula is C21H16F5N5O4S. The Morgan fingerprint density at radius 3 is 2.67 bits per heavy atom. The van der Waals surface area contributed by atoms with Crippen molar-refractivity contribution in [1.82, 2.24) is 13.9 Å². The monoisotopic (exact) mass is 529 g/mol. The van der Waals surface area contributed by atoms with Crippen molar-refractivity contribution in [2.75, 3.05) is 17.8 Å². The molecule has 15 heteroatoms. The molecule has 1 aliphatic heterocycles. The molecule has 0 aliphatic carbocycles. The number of anilines is 1. The predicted molar refractivity (Wildman–Crippen MR) is 117 cm³/mol. The molecule has 1 N–H and O–H groups in total. The first-order valence-corrected chi connectivity index (χ1v) is 11.7. The van der Waals surface area contributed by atoms with Gasteiger partial charge in [0.05, 0.1) is 29.5 Å². The van der Waals surface area contributed by atoms with Crippen LogP contribution in [-0.4, -0.2) is 48.0 Å². The number of nitrogens with zero attached hydrogens (tertiary/aromatic N) is 4. The number of fused-ring (bicyclic) bond motifs is 1. The second-order valence-electron chi connectivity index (χ2n) is 7.76. The summed E-state index contributed by atoms with van der Waals surface area (Å²) in [6.45, 7) is -1.52. The predicted octanol–water partition coefficient (Wildman–Crippen LogP) is 3.30. The van der Waals surface area contributed by atoms with Gasteiger partial charge in [-0.1, -0.05) is 0 Å². The van der Waals surface area contributed by atoms with Crippen LogP contribution in [0.4, 0.5) is 27.6 Å². The summed E-state index contributed by atoms with van der Waals surface area (Å²) in [5.74, 6) is -4.46. The first kappa shape index (κ1) is 25.3. The molecule has 1 saturated heterocycles. The van der Waals surface area contributed by atoms with Crippen molar-refractivity contribution >= 4 is 26.8 Å². The Morgan fingerprint density at radius 2 is 2.03 bits per heavy atom. The maximum Gasteiger partial charge on any atom is 0.301 e. The number of aromatic nitrogens is 2. The van der Waals surface area contributed by atoms with Gasteiger partial charge in [0.2, 0.25) is 5.82 Å². The lowest BCUT2D eigenvalue weighted by Crippen LogP contribution is -2.34. The number of alkyl halides is 3. The summed E-state index contributed by atoms with van der Waals surface area (Å²) in [6.07, 6.45) is -3.34. The summed E-state index contributed by atoms with van der Waals surface area (Å²) in [5, 5.41) is 9.39. The number of nitriles is 1. The Bertz CT molecular complexity index is 1540. The fourth-order valence-electron chi connectivity index (χ4n) is 3.60. The quantitative estimate of drug-likeness (QED) is 0.470. The average Bonchev–Trinajstić information content (AvgIpc) is 3.26. The molecule has 0 bridgehead atoms. The van der Waals surface area contributed by atoms with Crippen molar-refractivity contribution < 1.29 is 35.1 Å². The van der Waals surface area contributed by atoms with E-state index in [1.54, 1.807) is 6.07 Å². The van der Waals surface area contributed by atoms with Crippen molar-refractivity contribution in [3.05, 3.63) is 58.1 Å². The minimum atomic E-state index is -4.41. The lowest BCUT2D eigenvalue weighted by molar-refractivity contribution is 0.125. The summed E-state index contributed by atoms with van der Waals surface area (Å²) in [4.78, 5) is 16.4. The molecule has 2 heterocycles. The Morgan fingerprint density at radius 1 is 1.28 bits per heavy atom. The molecule has 190 valence electrons. The highest BCUT2D eigenvalue weighted by molar-refractivity contribution is 7.90. The van der Waals surface area contributed by atoms with Gasteiger partial charge in [0, 0.05) is 19.2 Å². The summed E-state index contributed by atoms with van der Waals surface area (Å²) < 4.78 is 102. The lowest BCUT2D eigenvalue weighted by Gasteiger charge is -2.19. The van der Waals surface area contributed by atoms with E-state index in [-0.39, 0.29) is 29.6 Å². The fourth-order valence-corrected chi connectivity index (χ4v) is 4.87. The Hall–Kier alpha value is -3.77. The highest BCUT2D eigenvalue weighted by atomic mass is 32.2. The van der Waals surface area contributed by atoms with Crippen molar-refractivity contribution in [2.24, 2.45) is 0 Å². The van der Waals surface area contributed by atoms with Crippen LogP contribution in [0.1, 0.15) is 12.0 Å². The van der Waals surface area contributed by atoms with Crippen molar-refractivity contribution in [3.8, 4) is 17.6 Å². The lowest BCUT2D eigenvalue weighted by atomic mass is 10.1. The van der Waals surface area contributed by atoms with Gasteiger partial charge in [-0.3, -0.25) is 14.1 Å². The topological polar surface area (TPSA) is 117 Å². The third-order valence-electron chi connectivity index (χ3n) is 5.31. The van der Waals surface area contributed by atoms with E-state index >= 15 is 0 Å². The molecule has 1 aromatic heterocycles. The zero-order valence-corrected chi connectivity index (χ0v) is 18.9. The smallest absolute Gasteiger partial charge is 0.301 e. The molecule has 3 aromatic rings. The van der Waals surface area contributed by atoms with Crippen molar-refractivity contribution in [2.45, 2.75) is 25.6 Å². The standard InChI is InChI=1S/C21H16F5N5O4S/c22-11-3-4-31(8-11)36(33,34)29-17-6-15(23)19(26)20(14(17)7-27)35-12-1-2-16-13(5-12)21(32)30(10-28-16)9-18(24)25/h1-2,5-6,10-11,18,29H,3-4,8-9H2/t11-/m0/s1. The van der Waals surface area contributed by atoms with E-state index in [1.165, 1.54) is 12.1 Å². The minimum absolute atomic E-state index is 0.0476. The van der Waals surface area contributed by atoms with Crippen molar-refractivity contribution in [3.63, 3.8) is 0 Å². The molecule has 2 aromatic carbocycles. The van der Waals surface area contributed by atoms with Crippen LogP contribution in [0.3, 0.4) is 0 Å². The van der Waals surface area contributed by atoms with Gasteiger partial charge in [0.1, 0.15) is 23.6 Å². The van der Waals surface area contributed by atoms with Crippen LogP contribution in [0.15, 0.2) is 35.4 Å². The van der Waals surface area contributed by atoms with E-state index in [1.807, 2.05) is 4.72 Å². The summed E-state index contributed by atoms with van der Waals surface area (Å²) in [7, 11) is -4.41. The van der Waals surface area contributed by atoms with Crippen LogP contribution in [0, 0.1) is 23.0 Å². The molecule has 0 amide bonds. The molecule has 0 unspecified atom stereocenters. The summed E-state index contributed by atoms with van der Waals surface area (Å²) >= 11 is 0. The van der Waals surface area contributed by atoms with E-state index < -0.39 is 70.1 Å². The first-order chi connectivity index (χ1) is 17.0. The number of rotatable bonds is 7. The van der Waals surface area contributed by atoms with Gasteiger partial charge in [-0.2, -0.15) is 22.4 Å².